The lowest BCUT2D eigenvalue weighted by Crippen LogP contribution is -2.67. The summed E-state index contributed by atoms with van der Waals surface area (Å²) in [7, 11) is 0. The maximum Gasteiger partial charge on any atom is 0.304 e. The Labute approximate surface area is 130 Å². The van der Waals surface area contributed by atoms with Gasteiger partial charge in [-0.05, 0) is 0 Å². The van der Waals surface area contributed by atoms with E-state index in [4.69, 9.17) is 10.8 Å². The summed E-state index contributed by atoms with van der Waals surface area (Å²) in [6.45, 7) is -0.395. The Hall–Kier alpha value is -2.56. The van der Waals surface area contributed by atoms with E-state index in [1.165, 1.54) is 4.90 Å². The number of primary amides is 1. The molecule has 1 aliphatic heterocycles. The first kappa shape index (κ1) is 16.8. The molecule has 0 radical (unpaired) electrons. The molecule has 2 aliphatic rings. The number of fused-ring (bicyclic) bond motifs is 2. The number of rotatable bonds is 6. The first-order valence-electron chi connectivity index (χ1n) is 6.85. The van der Waals surface area contributed by atoms with Crippen LogP contribution in [0.25, 0.3) is 0 Å². The van der Waals surface area contributed by atoms with E-state index in [2.05, 4.69) is 0 Å². The van der Waals surface area contributed by atoms with Crippen LogP contribution >= 0.6 is 0 Å². The lowest BCUT2D eigenvalue weighted by Gasteiger charge is -2.44. The third kappa shape index (κ3) is 2.99. The smallest absolute Gasteiger partial charge is 0.304 e. The van der Waals surface area contributed by atoms with Crippen molar-refractivity contribution in [1.29, 1.82) is 0 Å². The predicted octanol–water partition coefficient (Wildman–Crippen LogP) is -0.987. The second-order valence-corrected chi connectivity index (χ2v) is 6.08. The third-order valence-electron chi connectivity index (χ3n) is 4.32. The average molecular weight is 328 g/mol. The molecule has 3 N–H and O–H groups in total. The van der Waals surface area contributed by atoms with E-state index in [0.29, 0.717) is 0 Å². The van der Waals surface area contributed by atoms with Gasteiger partial charge in [-0.3, -0.25) is 34.7 Å². The van der Waals surface area contributed by atoms with Gasteiger partial charge in [0, 0.05) is 28.0 Å². The molecule has 23 heavy (non-hydrogen) atoms. The van der Waals surface area contributed by atoms with E-state index < -0.39 is 32.8 Å². The zero-order chi connectivity index (χ0) is 17.4. The van der Waals surface area contributed by atoms with Crippen molar-refractivity contribution in [2.24, 2.45) is 5.73 Å². The van der Waals surface area contributed by atoms with Gasteiger partial charge in [0.1, 0.15) is 0 Å². The van der Waals surface area contributed by atoms with E-state index in [1.807, 2.05) is 0 Å². The standard InChI is InChI=1S/C12H16N4O7/c13-10(19)8-3-11(15(20)21)5-12(4-8,16(22)23)7-14(6-11)2-1-9(17)18/h3H,1-2,4-7H2,(H2,13,19)(H,17,18)/t11-,12+/m0/s1. The fraction of sp³-hybridized carbons (Fsp3) is 0.667. The van der Waals surface area contributed by atoms with Crippen LogP contribution in [0.5, 0.6) is 0 Å². The maximum absolute atomic E-state index is 11.6. The predicted molar refractivity (Wildman–Crippen MR) is 74.7 cm³/mol. The van der Waals surface area contributed by atoms with Crippen molar-refractivity contribution >= 4 is 11.9 Å². The fourth-order valence-electron chi connectivity index (χ4n) is 3.42. The van der Waals surface area contributed by atoms with Crippen molar-refractivity contribution in [1.82, 2.24) is 4.90 Å². The van der Waals surface area contributed by atoms with Gasteiger partial charge in [-0.1, -0.05) is 0 Å². The molecule has 2 rings (SSSR count). The van der Waals surface area contributed by atoms with Crippen LogP contribution in [0.4, 0.5) is 0 Å². The summed E-state index contributed by atoms with van der Waals surface area (Å²) < 4.78 is 0. The Balaban J connectivity index is 2.45. The van der Waals surface area contributed by atoms with Gasteiger partial charge in [-0.15, -0.1) is 0 Å². The number of carboxylic acid groups (broad SMARTS) is 1. The highest BCUT2D eigenvalue weighted by Gasteiger charge is 2.64. The molecule has 11 nitrogen and oxygen atoms in total. The Morgan fingerprint density at radius 3 is 2.43 bits per heavy atom. The molecule has 2 bridgehead atoms. The van der Waals surface area contributed by atoms with Crippen LogP contribution in [-0.2, 0) is 9.59 Å². The Bertz CT molecular complexity index is 619. The lowest BCUT2D eigenvalue weighted by molar-refractivity contribution is -0.619. The molecule has 0 aromatic carbocycles. The van der Waals surface area contributed by atoms with Gasteiger partial charge in [0.25, 0.3) is 5.54 Å². The van der Waals surface area contributed by atoms with Crippen LogP contribution in [-0.4, -0.2) is 62.4 Å². The van der Waals surface area contributed by atoms with Gasteiger partial charge in [-0.25, -0.2) is 0 Å². The van der Waals surface area contributed by atoms with Crippen LogP contribution < -0.4 is 5.73 Å². The third-order valence-corrected chi connectivity index (χ3v) is 4.32. The van der Waals surface area contributed by atoms with Crippen LogP contribution in [0.1, 0.15) is 19.3 Å². The molecule has 1 heterocycles. The molecule has 0 unspecified atom stereocenters. The van der Waals surface area contributed by atoms with E-state index in [-0.39, 0.29) is 44.5 Å². The summed E-state index contributed by atoms with van der Waals surface area (Å²) in [5, 5.41) is 31.9. The van der Waals surface area contributed by atoms with Crippen LogP contribution in [0, 0.1) is 20.2 Å². The van der Waals surface area contributed by atoms with Gasteiger partial charge in [0.05, 0.1) is 32.4 Å². The van der Waals surface area contributed by atoms with Crippen LogP contribution in [0.15, 0.2) is 11.6 Å². The Morgan fingerprint density at radius 2 is 1.96 bits per heavy atom. The minimum absolute atomic E-state index is 0.0414. The van der Waals surface area contributed by atoms with Crippen molar-refractivity contribution in [2.45, 2.75) is 30.3 Å². The van der Waals surface area contributed by atoms with Gasteiger partial charge in [0.15, 0.2) is 0 Å². The Kier molecular flexibility index (Phi) is 4.07. The minimum atomic E-state index is -1.81. The zero-order valence-electron chi connectivity index (χ0n) is 12.1. The number of hydrogen-bond acceptors (Lipinski definition) is 7. The molecular weight excluding hydrogens is 312 g/mol. The van der Waals surface area contributed by atoms with Gasteiger partial charge in [-0.2, -0.15) is 0 Å². The fourth-order valence-corrected chi connectivity index (χ4v) is 3.42. The molecule has 11 heteroatoms. The van der Waals surface area contributed by atoms with E-state index in [0.717, 1.165) is 6.08 Å². The number of piperidine rings is 1. The van der Waals surface area contributed by atoms with Crippen molar-refractivity contribution in [3.63, 3.8) is 0 Å². The van der Waals surface area contributed by atoms with Gasteiger partial charge >= 0.3 is 5.97 Å². The second kappa shape index (κ2) is 5.57. The highest BCUT2D eigenvalue weighted by atomic mass is 16.6. The first-order valence-corrected chi connectivity index (χ1v) is 6.85. The normalized spacial score (nSPS) is 30.3. The van der Waals surface area contributed by atoms with Gasteiger partial charge in [0.2, 0.25) is 11.4 Å². The molecule has 126 valence electrons. The lowest BCUT2D eigenvalue weighted by atomic mass is 9.69. The number of carbonyl (C=O) groups is 2. The highest BCUT2D eigenvalue weighted by Crippen LogP contribution is 2.43. The topological polar surface area (TPSA) is 170 Å². The molecular formula is C12H16N4O7. The molecule has 0 saturated carbocycles. The molecule has 0 aromatic rings. The SMILES string of the molecule is NC(=O)C1=C[C@@]2([N+](=O)[O-])CN(CCC(=O)O)C[C@@]([N+](=O)[O-])(C1)C2. The van der Waals surface area contributed by atoms with Crippen molar-refractivity contribution in [3.05, 3.63) is 31.9 Å². The van der Waals surface area contributed by atoms with E-state index in [1.54, 1.807) is 0 Å². The van der Waals surface area contributed by atoms with Crippen LogP contribution in [0.3, 0.4) is 0 Å². The Morgan fingerprint density at radius 1 is 1.30 bits per heavy atom. The summed E-state index contributed by atoms with van der Waals surface area (Å²) >= 11 is 0. The molecule has 2 atom stereocenters. The summed E-state index contributed by atoms with van der Waals surface area (Å²) in [5.74, 6) is -2.01. The number of likely N-dealkylation sites (tertiary alicyclic amines) is 1. The average Bonchev–Trinajstić information content (AvgIpc) is 2.43. The zero-order valence-corrected chi connectivity index (χ0v) is 12.1. The summed E-state index contributed by atoms with van der Waals surface area (Å²) in [4.78, 5) is 45.4. The van der Waals surface area contributed by atoms with Crippen LogP contribution in [0.2, 0.25) is 0 Å². The van der Waals surface area contributed by atoms with E-state index in [9.17, 15) is 29.8 Å². The first-order chi connectivity index (χ1) is 10.6. The minimum Gasteiger partial charge on any atom is -0.481 e. The largest absolute Gasteiger partial charge is 0.481 e. The molecule has 1 aliphatic carbocycles. The number of aliphatic carboxylic acids is 1. The molecule has 1 fully saturated rings. The summed E-state index contributed by atoms with van der Waals surface area (Å²) in [6, 6.07) is 0. The molecule has 0 spiro atoms. The van der Waals surface area contributed by atoms with Crippen molar-refractivity contribution in [2.75, 3.05) is 19.6 Å². The number of nitro groups is 2. The maximum atomic E-state index is 11.6. The van der Waals surface area contributed by atoms with Crippen molar-refractivity contribution < 1.29 is 24.5 Å². The number of hydrogen-bond donors (Lipinski definition) is 2. The summed E-state index contributed by atoms with van der Waals surface area (Å²) in [6.07, 6.45) is 0.173. The monoisotopic (exact) mass is 328 g/mol. The second-order valence-electron chi connectivity index (χ2n) is 6.08. The summed E-state index contributed by atoms with van der Waals surface area (Å²) in [5.41, 5.74) is 1.52. The number of nitrogens with zero attached hydrogens (tertiary/aromatic N) is 3. The highest BCUT2D eigenvalue weighted by molar-refractivity contribution is 5.92. The number of amides is 1. The molecule has 0 aromatic heterocycles. The number of nitrogens with two attached hydrogens (primary N) is 1. The molecule has 1 saturated heterocycles. The number of carbonyl (C=O) groups excluding carboxylic acids is 1. The molecule has 1 amide bonds. The van der Waals surface area contributed by atoms with Crippen molar-refractivity contribution in [3.8, 4) is 0 Å². The van der Waals surface area contributed by atoms with E-state index >= 15 is 0 Å². The number of carboxylic acids is 1. The quantitative estimate of drug-likeness (QED) is 0.462. The van der Waals surface area contributed by atoms with Gasteiger partial charge < -0.3 is 10.8 Å².